The minimum absolute atomic E-state index is 0.322. The van der Waals surface area contributed by atoms with Crippen LogP contribution in [0.25, 0.3) is 11.6 Å². The van der Waals surface area contributed by atoms with E-state index in [9.17, 15) is 0 Å². The SMILES string of the molecule is CN=C(NCCc1noc(-c2ccccn2)n1)NCCC(c1ccccc1)c1ccccc1. The lowest BCUT2D eigenvalue weighted by atomic mass is 9.88. The first kappa shape index (κ1) is 22.2. The van der Waals surface area contributed by atoms with E-state index >= 15 is 0 Å². The van der Waals surface area contributed by atoms with E-state index < -0.39 is 0 Å². The molecule has 0 saturated heterocycles. The first-order valence-corrected chi connectivity index (χ1v) is 11.1. The van der Waals surface area contributed by atoms with Crippen LogP contribution >= 0.6 is 0 Å². The summed E-state index contributed by atoms with van der Waals surface area (Å²) < 4.78 is 5.31. The zero-order chi connectivity index (χ0) is 22.7. The molecule has 0 aliphatic heterocycles. The van der Waals surface area contributed by atoms with Gasteiger partial charge in [0, 0.05) is 38.7 Å². The van der Waals surface area contributed by atoms with Crippen molar-refractivity contribution in [3.8, 4) is 11.6 Å². The maximum Gasteiger partial charge on any atom is 0.276 e. The van der Waals surface area contributed by atoms with Crippen molar-refractivity contribution >= 4 is 5.96 Å². The Labute approximate surface area is 194 Å². The van der Waals surface area contributed by atoms with Gasteiger partial charge < -0.3 is 15.2 Å². The van der Waals surface area contributed by atoms with E-state index in [0.29, 0.717) is 36.3 Å². The van der Waals surface area contributed by atoms with Crippen molar-refractivity contribution in [3.63, 3.8) is 0 Å². The van der Waals surface area contributed by atoms with Gasteiger partial charge in [0.2, 0.25) is 0 Å². The predicted octanol–water partition coefficient (Wildman–Crippen LogP) is 4.06. The molecule has 0 radical (unpaired) electrons. The van der Waals surface area contributed by atoms with Crippen LogP contribution in [0.15, 0.2) is 94.6 Å². The molecule has 2 N–H and O–H groups in total. The number of pyridine rings is 1. The molecule has 168 valence electrons. The molecule has 0 unspecified atom stereocenters. The van der Waals surface area contributed by atoms with Crippen molar-refractivity contribution in [2.75, 3.05) is 20.1 Å². The summed E-state index contributed by atoms with van der Waals surface area (Å²) in [5, 5.41) is 10.8. The van der Waals surface area contributed by atoms with Crippen molar-refractivity contribution in [1.29, 1.82) is 0 Å². The third-order valence-corrected chi connectivity index (χ3v) is 5.35. The van der Waals surface area contributed by atoms with Crippen LogP contribution in [-0.4, -0.2) is 41.2 Å². The number of aliphatic imine (C=N–C) groups is 1. The summed E-state index contributed by atoms with van der Waals surface area (Å²) in [7, 11) is 1.77. The van der Waals surface area contributed by atoms with Gasteiger partial charge in [-0.2, -0.15) is 4.98 Å². The number of guanidine groups is 1. The van der Waals surface area contributed by atoms with E-state index in [1.165, 1.54) is 11.1 Å². The van der Waals surface area contributed by atoms with Crippen LogP contribution in [0.2, 0.25) is 0 Å². The minimum atomic E-state index is 0.322. The van der Waals surface area contributed by atoms with Gasteiger partial charge in [-0.15, -0.1) is 0 Å². The Kier molecular flexibility index (Phi) is 7.79. The summed E-state index contributed by atoms with van der Waals surface area (Å²) in [6.45, 7) is 1.43. The molecule has 0 atom stereocenters. The van der Waals surface area contributed by atoms with Gasteiger partial charge in [-0.3, -0.25) is 9.98 Å². The first-order chi connectivity index (χ1) is 16.3. The molecule has 7 nitrogen and oxygen atoms in total. The summed E-state index contributed by atoms with van der Waals surface area (Å²) in [6, 6.07) is 26.8. The number of nitrogens with one attached hydrogen (secondary N) is 2. The van der Waals surface area contributed by atoms with Crippen molar-refractivity contribution in [2.45, 2.75) is 18.8 Å². The van der Waals surface area contributed by atoms with E-state index in [1.807, 2.05) is 18.2 Å². The maximum absolute atomic E-state index is 5.31. The van der Waals surface area contributed by atoms with Gasteiger partial charge >= 0.3 is 0 Å². The lowest BCUT2D eigenvalue weighted by Gasteiger charge is -2.19. The average molecular weight is 441 g/mol. The molecule has 2 aromatic carbocycles. The zero-order valence-corrected chi connectivity index (χ0v) is 18.7. The Hall–Kier alpha value is -4.00. The highest BCUT2D eigenvalue weighted by atomic mass is 16.5. The molecular weight excluding hydrogens is 412 g/mol. The number of hydrogen-bond acceptors (Lipinski definition) is 5. The van der Waals surface area contributed by atoms with Crippen LogP contribution in [0.4, 0.5) is 0 Å². The smallest absolute Gasteiger partial charge is 0.276 e. The van der Waals surface area contributed by atoms with E-state index in [-0.39, 0.29) is 0 Å². The van der Waals surface area contributed by atoms with Crippen LogP contribution in [-0.2, 0) is 6.42 Å². The molecule has 0 fully saturated rings. The predicted molar refractivity (Wildman–Crippen MR) is 130 cm³/mol. The molecule has 0 amide bonds. The number of nitrogens with zero attached hydrogens (tertiary/aromatic N) is 4. The molecule has 4 aromatic rings. The van der Waals surface area contributed by atoms with Gasteiger partial charge in [0.1, 0.15) is 5.69 Å². The third kappa shape index (κ3) is 6.26. The lowest BCUT2D eigenvalue weighted by molar-refractivity contribution is 0.421. The number of aromatic nitrogens is 3. The summed E-state index contributed by atoms with van der Waals surface area (Å²) in [5.41, 5.74) is 3.30. The van der Waals surface area contributed by atoms with Crippen molar-refractivity contribution in [2.24, 2.45) is 4.99 Å². The largest absolute Gasteiger partial charge is 0.356 e. The quantitative estimate of drug-likeness (QED) is 0.301. The minimum Gasteiger partial charge on any atom is -0.356 e. The van der Waals surface area contributed by atoms with Gasteiger partial charge in [-0.1, -0.05) is 71.9 Å². The topological polar surface area (TPSA) is 88.2 Å². The van der Waals surface area contributed by atoms with Gasteiger partial charge in [-0.25, -0.2) is 0 Å². The van der Waals surface area contributed by atoms with E-state index in [4.69, 9.17) is 4.52 Å². The first-order valence-electron chi connectivity index (χ1n) is 11.1. The molecule has 0 aliphatic carbocycles. The highest BCUT2D eigenvalue weighted by Crippen LogP contribution is 2.27. The third-order valence-electron chi connectivity index (χ3n) is 5.35. The summed E-state index contributed by atoms with van der Waals surface area (Å²) in [4.78, 5) is 13.0. The Bertz CT molecular complexity index is 1090. The molecule has 0 saturated carbocycles. The van der Waals surface area contributed by atoms with Crippen molar-refractivity contribution < 1.29 is 4.52 Å². The Morgan fingerprint density at radius 2 is 1.55 bits per heavy atom. The molecule has 0 aliphatic rings. The van der Waals surface area contributed by atoms with Gasteiger partial charge in [0.05, 0.1) is 0 Å². The van der Waals surface area contributed by atoms with Gasteiger partial charge in [0.25, 0.3) is 5.89 Å². The molecule has 33 heavy (non-hydrogen) atoms. The average Bonchev–Trinajstić information content (AvgIpc) is 3.36. The van der Waals surface area contributed by atoms with Crippen LogP contribution < -0.4 is 10.6 Å². The fourth-order valence-corrected chi connectivity index (χ4v) is 3.69. The summed E-state index contributed by atoms with van der Waals surface area (Å²) in [5.74, 6) is 2.14. The lowest BCUT2D eigenvalue weighted by Crippen LogP contribution is -2.39. The molecule has 7 heteroatoms. The fraction of sp³-hybridized carbons (Fsp3) is 0.231. The van der Waals surface area contributed by atoms with Crippen LogP contribution in [0, 0.1) is 0 Å². The monoisotopic (exact) mass is 440 g/mol. The molecule has 2 heterocycles. The van der Waals surface area contributed by atoms with Gasteiger partial charge in [-0.05, 0) is 29.7 Å². The fourth-order valence-electron chi connectivity index (χ4n) is 3.69. The molecule has 0 spiro atoms. The van der Waals surface area contributed by atoms with Crippen molar-refractivity contribution in [1.82, 2.24) is 25.8 Å². The normalized spacial score (nSPS) is 11.5. The summed E-state index contributed by atoms with van der Waals surface area (Å²) in [6.07, 6.45) is 3.28. The molecule has 4 rings (SSSR count). The number of hydrogen-bond donors (Lipinski definition) is 2. The highest BCUT2D eigenvalue weighted by Gasteiger charge is 2.14. The number of rotatable bonds is 9. The highest BCUT2D eigenvalue weighted by molar-refractivity contribution is 5.79. The van der Waals surface area contributed by atoms with E-state index in [0.717, 1.165) is 18.9 Å². The molecule has 2 aromatic heterocycles. The molecular formula is C26H28N6O. The van der Waals surface area contributed by atoms with Gasteiger partial charge in [0.15, 0.2) is 11.8 Å². The number of benzene rings is 2. The second-order valence-electron chi connectivity index (χ2n) is 7.57. The summed E-state index contributed by atoms with van der Waals surface area (Å²) >= 11 is 0. The van der Waals surface area contributed by atoms with Crippen LogP contribution in [0.1, 0.15) is 29.3 Å². The molecule has 0 bridgehead atoms. The second-order valence-corrected chi connectivity index (χ2v) is 7.57. The van der Waals surface area contributed by atoms with E-state index in [1.54, 1.807) is 13.2 Å². The zero-order valence-electron chi connectivity index (χ0n) is 18.7. The van der Waals surface area contributed by atoms with Crippen LogP contribution in [0.3, 0.4) is 0 Å². The van der Waals surface area contributed by atoms with Crippen LogP contribution in [0.5, 0.6) is 0 Å². The Morgan fingerprint density at radius 1 is 0.879 bits per heavy atom. The standard InChI is InChI=1S/C26H28N6O/c1-27-26(30-19-16-24-31-25(33-32-24)23-14-8-9-17-28-23)29-18-15-22(20-10-4-2-5-11-20)21-12-6-3-7-13-21/h2-14,17,22H,15-16,18-19H2,1H3,(H2,27,29,30). The Morgan fingerprint density at radius 3 is 2.18 bits per heavy atom. The van der Waals surface area contributed by atoms with Crippen molar-refractivity contribution in [3.05, 3.63) is 102 Å². The second kappa shape index (κ2) is 11.6. The maximum atomic E-state index is 5.31. The Balaban J connectivity index is 1.27. The van der Waals surface area contributed by atoms with E-state index in [2.05, 4.69) is 91.4 Å².